The highest BCUT2D eigenvalue weighted by molar-refractivity contribution is 5.87. The van der Waals surface area contributed by atoms with E-state index in [1.807, 2.05) is 12.1 Å². The highest BCUT2D eigenvalue weighted by Gasteiger charge is 2.43. The summed E-state index contributed by atoms with van der Waals surface area (Å²) in [6.07, 6.45) is 6.04. The molecule has 19 heavy (non-hydrogen) atoms. The quantitative estimate of drug-likeness (QED) is 0.868. The molecule has 2 saturated carbocycles. The average Bonchev–Trinajstić information content (AvgIpc) is 3.32. The summed E-state index contributed by atoms with van der Waals surface area (Å²) in [6, 6.07) is 8.60. The maximum Gasteiger partial charge on any atom is 0.243 e. The normalized spacial score (nSPS) is 25.0. The smallest absolute Gasteiger partial charge is 0.243 e. The minimum atomic E-state index is -0.0719. The van der Waals surface area contributed by atoms with E-state index in [2.05, 4.69) is 22.8 Å². The Kier molecular flexibility index (Phi) is 2.54. The zero-order valence-electron chi connectivity index (χ0n) is 11.1. The summed E-state index contributed by atoms with van der Waals surface area (Å²) < 4.78 is 0. The third-order valence-electron chi connectivity index (χ3n) is 4.66. The van der Waals surface area contributed by atoms with Crippen LogP contribution in [0.3, 0.4) is 0 Å². The molecule has 3 aliphatic rings. The van der Waals surface area contributed by atoms with Gasteiger partial charge in [-0.1, -0.05) is 18.2 Å². The molecule has 0 spiro atoms. The third kappa shape index (κ3) is 2.22. The first-order valence-electron chi connectivity index (χ1n) is 7.46. The molecule has 1 atom stereocenters. The molecule has 3 heteroatoms. The minimum absolute atomic E-state index is 0.0719. The van der Waals surface area contributed by atoms with Crippen LogP contribution in [0, 0.1) is 11.8 Å². The van der Waals surface area contributed by atoms with Crippen LogP contribution in [-0.2, 0) is 11.2 Å². The molecule has 0 saturated heterocycles. The Balaban J connectivity index is 1.41. The first-order chi connectivity index (χ1) is 9.31. The van der Waals surface area contributed by atoms with Crippen molar-refractivity contribution in [3.8, 4) is 0 Å². The Morgan fingerprint density at radius 1 is 1.16 bits per heavy atom. The summed E-state index contributed by atoms with van der Waals surface area (Å²) in [6.45, 7) is 0. The van der Waals surface area contributed by atoms with E-state index in [9.17, 15) is 4.79 Å². The summed E-state index contributed by atoms with van der Waals surface area (Å²) in [7, 11) is 0. The van der Waals surface area contributed by atoms with Crippen molar-refractivity contribution in [3.05, 3.63) is 29.8 Å². The van der Waals surface area contributed by atoms with Crippen LogP contribution in [0.15, 0.2) is 24.3 Å². The van der Waals surface area contributed by atoms with Crippen LogP contribution in [0.5, 0.6) is 0 Å². The van der Waals surface area contributed by atoms with Crippen LogP contribution in [0.25, 0.3) is 0 Å². The zero-order chi connectivity index (χ0) is 12.8. The largest absolute Gasteiger partial charge is 0.373 e. The number of amides is 1. The van der Waals surface area contributed by atoms with Gasteiger partial charge < -0.3 is 10.6 Å². The number of para-hydroxylation sites is 1. The molecule has 0 bridgehead atoms. The van der Waals surface area contributed by atoms with Gasteiger partial charge in [0.2, 0.25) is 5.91 Å². The molecule has 2 N–H and O–H groups in total. The zero-order valence-corrected chi connectivity index (χ0v) is 11.1. The van der Waals surface area contributed by atoms with Crippen molar-refractivity contribution in [2.24, 2.45) is 11.8 Å². The lowest BCUT2D eigenvalue weighted by Gasteiger charge is -2.20. The molecule has 100 valence electrons. The number of rotatable bonds is 4. The first kappa shape index (κ1) is 11.3. The molecule has 1 aromatic rings. The fourth-order valence-electron chi connectivity index (χ4n) is 3.25. The molecule has 1 heterocycles. The van der Waals surface area contributed by atoms with E-state index in [-0.39, 0.29) is 11.9 Å². The Bertz CT molecular complexity index is 468. The molecule has 4 rings (SSSR count). The summed E-state index contributed by atoms with van der Waals surface area (Å²) >= 11 is 0. The van der Waals surface area contributed by atoms with Gasteiger partial charge in [0.25, 0.3) is 0 Å². The van der Waals surface area contributed by atoms with Crippen molar-refractivity contribution in [1.29, 1.82) is 0 Å². The van der Waals surface area contributed by atoms with E-state index in [0.717, 1.165) is 23.9 Å². The standard InChI is InChI=1S/C16H20N2O/c19-16(18-15(10-5-6-10)11-7-8-11)14-9-12-3-1-2-4-13(12)17-14/h1-4,10-11,14-15,17H,5-9H2,(H,18,19). The van der Waals surface area contributed by atoms with Crippen molar-refractivity contribution in [2.45, 2.75) is 44.2 Å². The fraction of sp³-hybridized carbons (Fsp3) is 0.562. The number of hydrogen-bond acceptors (Lipinski definition) is 2. The van der Waals surface area contributed by atoms with Gasteiger partial charge in [-0.05, 0) is 49.1 Å². The van der Waals surface area contributed by atoms with Gasteiger partial charge in [0.15, 0.2) is 0 Å². The molecule has 1 amide bonds. The van der Waals surface area contributed by atoms with Crippen LogP contribution in [0.4, 0.5) is 5.69 Å². The number of hydrogen-bond donors (Lipinski definition) is 2. The van der Waals surface area contributed by atoms with Crippen LogP contribution in [0.1, 0.15) is 31.2 Å². The monoisotopic (exact) mass is 256 g/mol. The number of carbonyl (C=O) groups excluding carboxylic acids is 1. The lowest BCUT2D eigenvalue weighted by atomic mass is 10.1. The van der Waals surface area contributed by atoms with Gasteiger partial charge in [-0.2, -0.15) is 0 Å². The van der Waals surface area contributed by atoms with E-state index in [1.54, 1.807) is 0 Å². The maximum atomic E-state index is 12.4. The molecule has 3 nitrogen and oxygen atoms in total. The van der Waals surface area contributed by atoms with Gasteiger partial charge in [-0.3, -0.25) is 4.79 Å². The molecule has 1 aliphatic heterocycles. The highest BCUT2D eigenvalue weighted by atomic mass is 16.2. The summed E-state index contributed by atoms with van der Waals surface area (Å²) in [4.78, 5) is 12.4. The number of fused-ring (bicyclic) bond motifs is 1. The molecule has 2 fully saturated rings. The molecule has 2 aliphatic carbocycles. The second-order valence-electron chi connectivity index (χ2n) is 6.27. The van der Waals surface area contributed by atoms with Crippen molar-refractivity contribution in [1.82, 2.24) is 5.32 Å². The lowest BCUT2D eigenvalue weighted by molar-refractivity contribution is -0.122. The Labute approximate surface area is 113 Å². The van der Waals surface area contributed by atoms with Gasteiger partial charge in [0.05, 0.1) is 0 Å². The summed E-state index contributed by atoms with van der Waals surface area (Å²) in [5.41, 5.74) is 2.38. The lowest BCUT2D eigenvalue weighted by Crippen LogP contribution is -2.45. The van der Waals surface area contributed by atoms with Gasteiger partial charge in [0, 0.05) is 18.2 Å². The SMILES string of the molecule is O=C(NC(C1CC1)C1CC1)C1Cc2ccccc2N1. The molecular formula is C16H20N2O. The Morgan fingerprint density at radius 3 is 2.47 bits per heavy atom. The maximum absolute atomic E-state index is 12.4. The predicted octanol–water partition coefficient (Wildman–Crippen LogP) is 2.33. The predicted molar refractivity (Wildman–Crippen MR) is 74.9 cm³/mol. The van der Waals surface area contributed by atoms with E-state index >= 15 is 0 Å². The molecule has 1 aromatic carbocycles. The van der Waals surface area contributed by atoms with E-state index in [1.165, 1.54) is 31.2 Å². The van der Waals surface area contributed by atoms with Gasteiger partial charge in [-0.25, -0.2) is 0 Å². The van der Waals surface area contributed by atoms with Crippen molar-refractivity contribution in [2.75, 3.05) is 5.32 Å². The van der Waals surface area contributed by atoms with Gasteiger partial charge in [0.1, 0.15) is 6.04 Å². The van der Waals surface area contributed by atoms with Crippen LogP contribution < -0.4 is 10.6 Å². The number of carbonyl (C=O) groups is 1. The van der Waals surface area contributed by atoms with E-state index in [4.69, 9.17) is 0 Å². The molecular weight excluding hydrogens is 236 g/mol. The van der Waals surface area contributed by atoms with Gasteiger partial charge in [-0.15, -0.1) is 0 Å². The third-order valence-corrected chi connectivity index (χ3v) is 4.66. The Hall–Kier alpha value is -1.51. The summed E-state index contributed by atoms with van der Waals surface area (Å²) in [5, 5.41) is 6.66. The number of anilines is 1. The second kappa shape index (κ2) is 4.26. The fourth-order valence-corrected chi connectivity index (χ4v) is 3.25. The van der Waals surface area contributed by atoms with Crippen LogP contribution in [-0.4, -0.2) is 18.0 Å². The summed E-state index contributed by atoms with van der Waals surface area (Å²) in [5.74, 6) is 1.72. The van der Waals surface area contributed by atoms with Gasteiger partial charge >= 0.3 is 0 Å². The second-order valence-corrected chi connectivity index (χ2v) is 6.27. The van der Waals surface area contributed by atoms with Crippen molar-refractivity contribution < 1.29 is 4.79 Å². The molecule has 0 radical (unpaired) electrons. The van der Waals surface area contributed by atoms with E-state index < -0.39 is 0 Å². The average molecular weight is 256 g/mol. The minimum Gasteiger partial charge on any atom is -0.373 e. The van der Waals surface area contributed by atoms with Crippen molar-refractivity contribution >= 4 is 11.6 Å². The number of nitrogens with one attached hydrogen (secondary N) is 2. The first-order valence-corrected chi connectivity index (χ1v) is 7.46. The topological polar surface area (TPSA) is 41.1 Å². The van der Waals surface area contributed by atoms with Crippen LogP contribution >= 0.6 is 0 Å². The Morgan fingerprint density at radius 2 is 1.84 bits per heavy atom. The van der Waals surface area contributed by atoms with Crippen molar-refractivity contribution in [3.63, 3.8) is 0 Å². The van der Waals surface area contributed by atoms with Crippen LogP contribution in [0.2, 0.25) is 0 Å². The molecule has 1 unspecified atom stereocenters. The molecule has 0 aromatic heterocycles. The number of benzene rings is 1. The van der Waals surface area contributed by atoms with E-state index in [0.29, 0.717) is 6.04 Å². The highest BCUT2D eigenvalue weighted by Crippen LogP contribution is 2.44.